The molecule has 0 radical (unpaired) electrons. The summed E-state index contributed by atoms with van der Waals surface area (Å²) in [5.74, 6) is 0. The molecule has 0 atom stereocenters. The Bertz CT molecular complexity index is 818. The quantitative estimate of drug-likeness (QED) is 0.276. The Morgan fingerprint density at radius 3 is 2.37 bits per heavy atom. The van der Waals surface area contributed by atoms with E-state index in [0.29, 0.717) is 0 Å². The van der Waals surface area contributed by atoms with Crippen LogP contribution in [0, 0.1) is 5.41 Å². The third kappa shape index (κ3) is 6.22. The van der Waals surface area contributed by atoms with Crippen LogP contribution in [0.25, 0.3) is 5.57 Å². The smallest absolute Gasteiger partial charge is 0.152 e. The maximum Gasteiger partial charge on any atom is 0.152 e. The first-order chi connectivity index (χ1) is 14.3. The number of carbonyl (C=O) groups excluding carboxylic acids is 1. The first-order valence-electron chi connectivity index (χ1n) is 11.1. The first-order valence-corrected chi connectivity index (χ1v) is 11.1. The Hall–Kier alpha value is -2.55. The van der Waals surface area contributed by atoms with Crippen molar-refractivity contribution in [2.75, 3.05) is 24.5 Å². The maximum absolute atomic E-state index is 12.0. The highest BCUT2D eigenvalue weighted by molar-refractivity contribution is 6.09. The summed E-state index contributed by atoms with van der Waals surface area (Å²) in [5.41, 5.74) is 5.18. The molecule has 0 N–H and O–H groups in total. The lowest BCUT2D eigenvalue weighted by molar-refractivity contribution is -0.103. The first kappa shape index (κ1) is 23.7. The van der Waals surface area contributed by atoms with E-state index < -0.39 is 0 Å². The highest BCUT2D eigenvalue weighted by Crippen LogP contribution is 2.30. The Morgan fingerprint density at radius 1 is 1.13 bits per heavy atom. The molecule has 30 heavy (non-hydrogen) atoms. The SMILES string of the molecule is C=C/C(=C\C=C(/C)C(C)(C)C)N(CC)c1ccccc1/C(C=O)=C/N1CCCCC1. The molecule has 0 amide bonds. The van der Waals surface area contributed by atoms with Gasteiger partial charge in [-0.2, -0.15) is 0 Å². The zero-order valence-corrected chi connectivity index (χ0v) is 19.4. The predicted octanol–water partition coefficient (Wildman–Crippen LogP) is 6.60. The summed E-state index contributed by atoms with van der Waals surface area (Å²) in [6, 6.07) is 8.16. The van der Waals surface area contributed by atoms with E-state index in [9.17, 15) is 4.79 Å². The third-order valence-electron chi connectivity index (χ3n) is 5.87. The van der Waals surface area contributed by atoms with Crippen molar-refractivity contribution in [2.24, 2.45) is 5.41 Å². The monoisotopic (exact) mass is 406 g/mol. The van der Waals surface area contributed by atoms with E-state index >= 15 is 0 Å². The predicted molar refractivity (Wildman–Crippen MR) is 130 cm³/mol. The molecule has 0 aromatic heterocycles. The molecular weight excluding hydrogens is 368 g/mol. The number of benzene rings is 1. The van der Waals surface area contributed by atoms with Crippen LogP contribution in [0.2, 0.25) is 0 Å². The number of anilines is 1. The number of hydrogen-bond acceptors (Lipinski definition) is 3. The number of hydrogen-bond donors (Lipinski definition) is 0. The summed E-state index contributed by atoms with van der Waals surface area (Å²) >= 11 is 0. The fraction of sp³-hybridized carbons (Fsp3) is 0.444. The molecule has 1 aromatic carbocycles. The summed E-state index contributed by atoms with van der Waals surface area (Å²) in [7, 11) is 0. The highest BCUT2D eigenvalue weighted by atomic mass is 16.1. The van der Waals surface area contributed by atoms with E-state index in [1.54, 1.807) is 0 Å². The fourth-order valence-corrected chi connectivity index (χ4v) is 3.58. The number of nitrogens with zero attached hydrogens (tertiary/aromatic N) is 2. The molecule has 1 saturated heterocycles. The average molecular weight is 407 g/mol. The third-order valence-corrected chi connectivity index (χ3v) is 5.87. The topological polar surface area (TPSA) is 23.6 Å². The van der Waals surface area contributed by atoms with E-state index in [2.05, 4.69) is 69.2 Å². The number of piperidine rings is 1. The molecule has 2 rings (SSSR count). The van der Waals surface area contributed by atoms with Gasteiger partial charge in [-0.3, -0.25) is 4.79 Å². The minimum atomic E-state index is 0.125. The van der Waals surface area contributed by atoms with Crippen LogP contribution in [0.1, 0.15) is 59.4 Å². The van der Waals surface area contributed by atoms with E-state index in [4.69, 9.17) is 0 Å². The van der Waals surface area contributed by atoms with Crippen molar-refractivity contribution in [2.45, 2.75) is 53.9 Å². The molecule has 0 saturated carbocycles. The van der Waals surface area contributed by atoms with Crippen molar-refractivity contribution in [1.29, 1.82) is 0 Å². The van der Waals surface area contributed by atoms with E-state index in [-0.39, 0.29) is 5.41 Å². The number of rotatable bonds is 8. The van der Waals surface area contributed by atoms with Gasteiger partial charge in [-0.25, -0.2) is 0 Å². The summed E-state index contributed by atoms with van der Waals surface area (Å²) in [6.07, 6.45) is 12.9. The van der Waals surface area contributed by atoms with Gasteiger partial charge in [-0.15, -0.1) is 0 Å². The molecule has 0 bridgehead atoms. The average Bonchev–Trinajstić information content (AvgIpc) is 2.75. The van der Waals surface area contributed by atoms with Crippen molar-refractivity contribution >= 4 is 17.5 Å². The zero-order valence-electron chi connectivity index (χ0n) is 19.4. The van der Waals surface area contributed by atoms with Crippen molar-refractivity contribution in [3.05, 3.63) is 72.1 Å². The van der Waals surface area contributed by atoms with Gasteiger partial charge in [0.1, 0.15) is 0 Å². The Kier molecular flexibility index (Phi) is 8.71. The van der Waals surface area contributed by atoms with Gasteiger partial charge in [0.15, 0.2) is 6.29 Å². The summed E-state index contributed by atoms with van der Waals surface area (Å²) < 4.78 is 0. The van der Waals surface area contributed by atoms with Crippen molar-refractivity contribution in [1.82, 2.24) is 4.90 Å². The minimum absolute atomic E-state index is 0.125. The maximum atomic E-state index is 12.0. The Balaban J connectivity index is 2.46. The molecule has 0 spiro atoms. The molecule has 1 aliphatic heterocycles. The van der Waals surface area contributed by atoms with Crippen LogP contribution in [0.3, 0.4) is 0 Å². The van der Waals surface area contributed by atoms with Crippen LogP contribution in [-0.2, 0) is 4.79 Å². The van der Waals surface area contributed by atoms with E-state index in [1.165, 1.54) is 24.8 Å². The van der Waals surface area contributed by atoms with Crippen LogP contribution in [0.15, 0.2) is 66.5 Å². The number of para-hydroxylation sites is 1. The van der Waals surface area contributed by atoms with E-state index in [0.717, 1.165) is 48.4 Å². The number of aldehydes is 1. The van der Waals surface area contributed by atoms with Gasteiger partial charge >= 0.3 is 0 Å². The molecule has 0 aliphatic carbocycles. The number of likely N-dealkylation sites (N-methyl/N-ethyl adjacent to an activating group) is 1. The molecule has 0 unspecified atom stereocenters. The van der Waals surface area contributed by atoms with Gasteiger partial charge in [-0.1, -0.05) is 57.2 Å². The zero-order chi connectivity index (χ0) is 22.1. The largest absolute Gasteiger partial charge is 0.377 e. The van der Waals surface area contributed by atoms with Crippen LogP contribution in [0.5, 0.6) is 0 Å². The van der Waals surface area contributed by atoms with Crippen LogP contribution in [-0.4, -0.2) is 30.8 Å². The molecule has 1 fully saturated rings. The lowest BCUT2D eigenvalue weighted by atomic mass is 9.87. The normalized spacial score (nSPS) is 16.4. The van der Waals surface area contributed by atoms with Gasteiger partial charge in [0, 0.05) is 48.4 Å². The molecule has 1 heterocycles. The molecule has 162 valence electrons. The molecular formula is C27H38N2O. The van der Waals surface area contributed by atoms with Gasteiger partial charge in [0.2, 0.25) is 0 Å². The standard InChI is InChI=1S/C27H38N2O/c1-7-24(17-16-22(3)27(4,5)6)29(8-2)26-15-11-10-14-25(26)23(21-30)20-28-18-12-9-13-19-28/h7,10-11,14-17,20-21H,1,8-9,12-13,18-19H2,2-6H3/b22-16+,23-20+,24-17+. The number of likely N-dealkylation sites (tertiary alicyclic amines) is 1. The van der Waals surface area contributed by atoms with Crippen LogP contribution in [0.4, 0.5) is 5.69 Å². The number of allylic oxidation sites excluding steroid dienone is 5. The van der Waals surface area contributed by atoms with E-state index in [1.807, 2.05) is 30.5 Å². The van der Waals surface area contributed by atoms with Gasteiger partial charge in [0.25, 0.3) is 0 Å². The second kappa shape index (κ2) is 11.0. The minimum Gasteiger partial charge on any atom is -0.377 e. The second-order valence-electron chi connectivity index (χ2n) is 8.96. The fourth-order valence-electron chi connectivity index (χ4n) is 3.58. The van der Waals surface area contributed by atoms with Gasteiger partial charge in [0.05, 0.1) is 0 Å². The van der Waals surface area contributed by atoms with Gasteiger partial charge < -0.3 is 9.80 Å². The summed E-state index contributed by atoms with van der Waals surface area (Å²) in [6.45, 7) is 17.8. The van der Waals surface area contributed by atoms with Crippen LogP contribution < -0.4 is 4.90 Å². The molecule has 3 nitrogen and oxygen atoms in total. The lowest BCUT2D eigenvalue weighted by Gasteiger charge is -2.29. The van der Waals surface area contributed by atoms with Crippen molar-refractivity contribution < 1.29 is 4.79 Å². The van der Waals surface area contributed by atoms with Gasteiger partial charge in [-0.05, 0) is 56.7 Å². The summed E-state index contributed by atoms with van der Waals surface area (Å²) in [5, 5.41) is 0. The molecule has 1 aliphatic rings. The highest BCUT2D eigenvalue weighted by Gasteiger charge is 2.17. The lowest BCUT2D eigenvalue weighted by Crippen LogP contribution is -2.25. The Morgan fingerprint density at radius 2 is 1.80 bits per heavy atom. The van der Waals surface area contributed by atoms with Crippen LogP contribution >= 0.6 is 0 Å². The van der Waals surface area contributed by atoms with Crippen molar-refractivity contribution in [3.8, 4) is 0 Å². The second-order valence-corrected chi connectivity index (χ2v) is 8.96. The Labute approximate surface area is 183 Å². The number of carbonyl (C=O) groups is 1. The molecule has 3 heteroatoms. The molecule has 1 aromatic rings. The summed E-state index contributed by atoms with van der Waals surface area (Å²) in [4.78, 5) is 16.6. The van der Waals surface area contributed by atoms with Crippen molar-refractivity contribution in [3.63, 3.8) is 0 Å².